The van der Waals surface area contributed by atoms with Gasteiger partial charge in [-0.25, -0.2) is 8.42 Å². The first kappa shape index (κ1) is 17.0. The number of carbonyl (C=O) groups is 1. The zero-order chi connectivity index (χ0) is 17.6. The topological polar surface area (TPSA) is 92.5 Å². The van der Waals surface area contributed by atoms with E-state index >= 15 is 0 Å². The van der Waals surface area contributed by atoms with Gasteiger partial charge in [-0.1, -0.05) is 12.1 Å². The number of nitrogens with one attached hydrogen (secondary N) is 1. The molecular formula is C17H25N3O4S. The van der Waals surface area contributed by atoms with Gasteiger partial charge in [0.1, 0.15) is 15.6 Å². The summed E-state index contributed by atoms with van der Waals surface area (Å²) in [6.45, 7) is 3.79. The highest BCUT2D eigenvalue weighted by Gasteiger charge is 2.37. The molecule has 2 aliphatic heterocycles. The van der Waals surface area contributed by atoms with Crippen LogP contribution in [0.2, 0.25) is 0 Å². The van der Waals surface area contributed by atoms with E-state index in [0.717, 1.165) is 31.7 Å². The first-order valence-electron chi connectivity index (χ1n) is 9.13. The summed E-state index contributed by atoms with van der Waals surface area (Å²) >= 11 is 0. The molecule has 138 valence electrons. The van der Waals surface area contributed by atoms with Crippen molar-refractivity contribution in [1.29, 1.82) is 0 Å². The molecule has 1 aromatic heterocycles. The van der Waals surface area contributed by atoms with Gasteiger partial charge in [0.25, 0.3) is 5.91 Å². The molecule has 1 aliphatic carbocycles. The Morgan fingerprint density at radius 1 is 1.24 bits per heavy atom. The molecule has 2 atom stereocenters. The average molecular weight is 367 g/mol. The Balaban J connectivity index is 1.34. The maximum Gasteiger partial charge on any atom is 0.273 e. The van der Waals surface area contributed by atoms with Gasteiger partial charge in [-0.05, 0) is 31.6 Å². The van der Waals surface area contributed by atoms with Crippen molar-refractivity contribution in [2.75, 3.05) is 24.6 Å². The quantitative estimate of drug-likeness (QED) is 0.859. The average Bonchev–Trinajstić information content (AvgIpc) is 3.18. The van der Waals surface area contributed by atoms with Gasteiger partial charge < -0.3 is 9.84 Å². The summed E-state index contributed by atoms with van der Waals surface area (Å²) in [6.07, 6.45) is 3.62. The van der Waals surface area contributed by atoms with Crippen LogP contribution in [0.5, 0.6) is 0 Å². The van der Waals surface area contributed by atoms with Crippen molar-refractivity contribution in [3.63, 3.8) is 0 Å². The third-order valence-electron chi connectivity index (χ3n) is 5.74. The standard InChI is InChI=1S/C17H25N3O4S/c1-11-9-20(13-4-6-25(22,23)7-5-13)10-15(11)18-17(21)14-8-16(24-19-14)12-2-3-12/h8,11-13,15H,2-7,9-10H2,1H3,(H,18,21)/t11-,15+/m0/s1. The lowest BCUT2D eigenvalue weighted by molar-refractivity contribution is 0.0921. The van der Waals surface area contributed by atoms with E-state index in [4.69, 9.17) is 4.52 Å². The first-order valence-corrected chi connectivity index (χ1v) is 11.0. The smallest absolute Gasteiger partial charge is 0.273 e. The molecule has 7 nitrogen and oxygen atoms in total. The number of nitrogens with zero attached hydrogens (tertiary/aromatic N) is 2. The Morgan fingerprint density at radius 2 is 1.96 bits per heavy atom. The summed E-state index contributed by atoms with van der Waals surface area (Å²) < 4.78 is 28.5. The van der Waals surface area contributed by atoms with Crippen LogP contribution < -0.4 is 5.32 Å². The van der Waals surface area contributed by atoms with E-state index < -0.39 is 9.84 Å². The Hall–Kier alpha value is -1.41. The summed E-state index contributed by atoms with van der Waals surface area (Å²) in [7, 11) is -2.84. The van der Waals surface area contributed by atoms with Gasteiger partial charge in [0.15, 0.2) is 5.69 Å². The van der Waals surface area contributed by atoms with Crippen LogP contribution in [0.1, 0.15) is 54.8 Å². The third-order valence-corrected chi connectivity index (χ3v) is 7.45. The van der Waals surface area contributed by atoms with Crippen LogP contribution in [0, 0.1) is 5.92 Å². The largest absolute Gasteiger partial charge is 0.360 e. The fraction of sp³-hybridized carbons (Fsp3) is 0.765. The van der Waals surface area contributed by atoms with Crippen molar-refractivity contribution in [1.82, 2.24) is 15.4 Å². The van der Waals surface area contributed by atoms with Crippen LogP contribution in [0.25, 0.3) is 0 Å². The molecule has 3 aliphatic rings. The molecule has 1 saturated carbocycles. The van der Waals surface area contributed by atoms with Crippen LogP contribution in [0.4, 0.5) is 0 Å². The number of sulfone groups is 1. The Labute approximate surface area is 148 Å². The zero-order valence-electron chi connectivity index (χ0n) is 14.5. The highest BCUT2D eigenvalue weighted by Crippen LogP contribution is 2.40. The van der Waals surface area contributed by atoms with Gasteiger partial charge in [0.2, 0.25) is 0 Å². The van der Waals surface area contributed by atoms with Gasteiger partial charge in [0, 0.05) is 37.2 Å². The fourth-order valence-corrected chi connectivity index (χ4v) is 5.40. The van der Waals surface area contributed by atoms with Crippen molar-refractivity contribution in [2.24, 2.45) is 5.92 Å². The minimum atomic E-state index is -2.84. The highest BCUT2D eigenvalue weighted by molar-refractivity contribution is 7.91. The predicted molar refractivity (Wildman–Crippen MR) is 92.1 cm³/mol. The molecule has 1 amide bonds. The number of hydrogen-bond acceptors (Lipinski definition) is 6. The molecule has 1 N–H and O–H groups in total. The van der Waals surface area contributed by atoms with Crippen molar-refractivity contribution in [2.45, 2.75) is 50.6 Å². The minimum Gasteiger partial charge on any atom is -0.360 e. The highest BCUT2D eigenvalue weighted by atomic mass is 32.2. The molecular weight excluding hydrogens is 342 g/mol. The number of amides is 1. The Bertz CT molecular complexity index is 742. The van der Waals surface area contributed by atoms with E-state index in [2.05, 4.69) is 22.3 Å². The third kappa shape index (κ3) is 3.74. The Kier molecular flexibility index (Phi) is 4.35. The van der Waals surface area contributed by atoms with Crippen LogP contribution in [0.15, 0.2) is 10.6 Å². The second-order valence-electron chi connectivity index (χ2n) is 7.78. The van der Waals surface area contributed by atoms with E-state index in [1.54, 1.807) is 6.07 Å². The first-order chi connectivity index (χ1) is 11.9. The summed E-state index contributed by atoms with van der Waals surface area (Å²) in [6, 6.07) is 2.13. The molecule has 3 heterocycles. The van der Waals surface area contributed by atoms with Gasteiger partial charge in [0.05, 0.1) is 11.5 Å². The molecule has 25 heavy (non-hydrogen) atoms. The summed E-state index contributed by atoms with van der Waals surface area (Å²) in [4.78, 5) is 14.8. The van der Waals surface area contributed by atoms with E-state index in [1.165, 1.54) is 0 Å². The second kappa shape index (κ2) is 6.39. The van der Waals surface area contributed by atoms with E-state index in [1.807, 2.05) is 0 Å². The maximum atomic E-state index is 12.4. The maximum absolute atomic E-state index is 12.4. The van der Waals surface area contributed by atoms with Crippen LogP contribution >= 0.6 is 0 Å². The SMILES string of the molecule is C[C@H]1CN(C2CCS(=O)(=O)CC2)C[C@H]1NC(=O)c1cc(C2CC2)on1. The number of rotatable bonds is 4. The lowest BCUT2D eigenvalue weighted by atomic mass is 10.1. The van der Waals surface area contributed by atoms with Crippen molar-refractivity contribution >= 4 is 15.7 Å². The lowest BCUT2D eigenvalue weighted by Gasteiger charge is -2.30. The molecule has 3 fully saturated rings. The number of hydrogen-bond donors (Lipinski definition) is 1. The van der Waals surface area contributed by atoms with Gasteiger partial charge >= 0.3 is 0 Å². The molecule has 4 rings (SSSR count). The van der Waals surface area contributed by atoms with E-state index in [0.29, 0.717) is 36.4 Å². The van der Waals surface area contributed by atoms with Gasteiger partial charge in [-0.2, -0.15) is 0 Å². The summed E-state index contributed by atoms with van der Waals surface area (Å²) in [5.41, 5.74) is 0.358. The number of carbonyl (C=O) groups excluding carboxylic acids is 1. The predicted octanol–water partition coefficient (Wildman–Crippen LogP) is 1.18. The normalized spacial score (nSPS) is 30.4. The summed E-state index contributed by atoms with van der Waals surface area (Å²) in [5, 5.41) is 6.98. The zero-order valence-corrected chi connectivity index (χ0v) is 15.3. The fourth-order valence-electron chi connectivity index (χ4n) is 3.93. The molecule has 0 aromatic carbocycles. The van der Waals surface area contributed by atoms with E-state index in [9.17, 15) is 13.2 Å². The van der Waals surface area contributed by atoms with Crippen LogP contribution in [-0.2, 0) is 9.84 Å². The van der Waals surface area contributed by atoms with Crippen LogP contribution in [-0.4, -0.2) is 61.1 Å². The monoisotopic (exact) mass is 367 g/mol. The molecule has 8 heteroatoms. The number of aromatic nitrogens is 1. The molecule has 0 spiro atoms. The summed E-state index contributed by atoms with van der Waals surface area (Å²) in [5.74, 6) is 1.97. The molecule has 0 bridgehead atoms. The molecule has 0 radical (unpaired) electrons. The van der Waals surface area contributed by atoms with Crippen molar-refractivity contribution in [3.8, 4) is 0 Å². The lowest BCUT2D eigenvalue weighted by Crippen LogP contribution is -2.43. The van der Waals surface area contributed by atoms with Crippen molar-refractivity contribution in [3.05, 3.63) is 17.5 Å². The number of likely N-dealkylation sites (tertiary alicyclic amines) is 1. The molecule has 0 unspecified atom stereocenters. The van der Waals surface area contributed by atoms with Gasteiger partial charge in [-0.3, -0.25) is 9.69 Å². The molecule has 2 saturated heterocycles. The van der Waals surface area contributed by atoms with Gasteiger partial charge in [-0.15, -0.1) is 0 Å². The molecule has 1 aromatic rings. The van der Waals surface area contributed by atoms with Crippen LogP contribution in [0.3, 0.4) is 0 Å². The van der Waals surface area contributed by atoms with Crippen molar-refractivity contribution < 1.29 is 17.7 Å². The minimum absolute atomic E-state index is 0.0621. The van der Waals surface area contributed by atoms with E-state index in [-0.39, 0.29) is 23.5 Å². The second-order valence-corrected chi connectivity index (χ2v) is 10.1. The Morgan fingerprint density at radius 3 is 2.64 bits per heavy atom.